The maximum Gasteiger partial charge on any atom is 0.328 e. The molecule has 0 saturated carbocycles. The van der Waals surface area contributed by atoms with Gasteiger partial charge in [0.15, 0.2) is 0 Å². The van der Waals surface area contributed by atoms with Crippen LogP contribution in [-0.4, -0.2) is 15.7 Å². The summed E-state index contributed by atoms with van der Waals surface area (Å²) in [4.78, 5) is 11.5. The molecule has 72 valence electrons. The van der Waals surface area contributed by atoms with Crippen molar-refractivity contribution in [2.24, 2.45) is 5.73 Å². The van der Waals surface area contributed by atoms with Crippen molar-refractivity contribution in [3.05, 3.63) is 35.0 Å². The SMILES string of the molecule is CCn1ccn(C/C=C/CN)c1=O. The van der Waals surface area contributed by atoms with Crippen molar-refractivity contribution in [1.82, 2.24) is 9.13 Å². The Kier molecular flexibility index (Phi) is 3.52. The minimum atomic E-state index is 0.0316. The second kappa shape index (κ2) is 4.67. The van der Waals surface area contributed by atoms with E-state index >= 15 is 0 Å². The van der Waals surface area contributed by atoms with Gasteiger partial charge < -0.3 is 5.73 Å². The third-order valence-electron chi connectivity index (χ3n) is 1.86. The van der Waals surface area contributed by atoms with Gasteiger partial charge in [0.25, 0.3) is 0 Å². The average Bonchev–Trinajstić information content (AvgIpc) is 2.48. The fourth-order valence-electron chi connectivity index (χ4n) is 1.12. The van der Waals surface area contributed by atoms with Gasteiger partial charge in [-0.3, -0.25) is 9.13 Å². The zero-order valence-corrected chi connectivity index (χ0v) is 7.81. The van der Waals surface area contributed by atoms with Gasteiger partial charge in [0.1, 0.15) is 0 Å². The highest BCUT2D eigenvalue weighted by molar-refractivity contribution is 4.88. The first-order valence-electron chi connectivity index (χ1n) is 4.40. The van der Waals surface area contributed by atoms with Crippen LogP contribution in [0.1, 0.15) is 6.92 Å². The molecule has 0 aliphatic heterocycles. The molecule has 1 aromatic rings. The van der Waals surface area contributed by atoms with E-state index in [1.807, 2.05) is 19.1 Å². The maximum absolute atomic E-state index is 11.5. The van der Waals surface area contributed by atoms with E-state index in [4.69, 9.17) is 5.73 Å². The van der Waals surface area contributed by atoms with Crippen molar-refractivity contribution in [3.8, 4) is 0 Å². The van der Waals surface area contributed by atoms with E-state index in [9.17, 15) is 4.79 Å². The fraction of sp³-hybridized carbons (Fsp3) is 0.444. The molecule has 0 fully saturated rings. The lowest BCUT2D eigenvalue weighted by Crippen LogP contribution is -2.22. The lowest BCUT2D eigenvalue weighted by atomic mass is 10.5. The minimum absolute atomic E-state index is 0.0316. The molecule has 4 heteroatoms. The molecule has 0 aromatic carbocycles. The quantitative estimate of drug-likeness (QED) is 0.674. The Hall–Kier alpha value is -1.29. The predicted molar refractivity (Wildman–Crippen MR) is 52.6 cm³/mol. The highest BCUT2D eigenvalue weighted by Gasteiger charge is 1.97. The van der Waals surface area contributed by atoms with Crippen LogP contribution < -0.4 is 11.4 Å². The Morgan fingerprint density at radius 3 is 2.62 bits per heavy atom. The summed E-state index contributed by atoms with van der Waals surface area (Å²) >= 11 is 0. The number of hydrogen-bond acceptors (Lipinski definition) is 2. The van der Waals surface area contributed by atoms with E-state index in [1.165, 1.54) is 0 Å². The van der Waals surface area contributed by atoms with Crippen molar-refractivity contribution < 1.29 is 0 Å². The van der Waals surface area contributed by atoms with Crippen LogP contribution >= 0.6 is 0 Å². The molecule has 0 atom stereocenters. The lowest BCUT2D eigenvalue weighted by Gasteiger charge is -1.95. The third kappa shape index (κ3) is 2.32. The zero-order valence-electron chi connectivity index (χ0n) is 7.81. The van der Waals surface area contributed by atoms with Crippen LogP contribution in [0.3, 0.4) is 0 Å². The molecule has 4 nitrogen and oxygen atoms in total. The normalized spacial score (nSPS) is 11.2. The summed E-state index contributed by atoms with van der Waals surface area (Å²) in [5.41, 5.74) is 5.31. The number of aryl methyl sites for hydroxylation is 1. The molecule has 0 unspecified atom stereocenters. The highest BCUT2D eigenvalue weighted by Crippen LogP contribution is 1.86. The molecule has 1 heterocycles. The van der Waals surface area contributed by atoms with E-state index < -0.39 is 0 Å². The van der Waals surface area contributed by atoms with E-state index in [2.05, 4.69) is 0 Å². The van der Waals surface area contributed by atoms with Crippen LogP contribution in [0.15, 0.2) is 29.3 Å². The summed E-state index contributed by atoms with van der Waals surface area (Å²) < 4.78 is 3.31. The van der Waals surface area contributed by atoms with Crippen molar-refractivity contribution >= 4 is 0 Å². The third-order valence-corrected chi connectivity index (χ3v) is 1.86. The first-order valence-corrected chi connectivity index (χ1v) is 4.40. The number of nitrogens with zero attached hydrogens (tertiary/aromatic N) is 2. The summed E-state index contributed by atoms with van der Waals surface area (Å²) in [6.45, 7) is 3.78. The molecule has 2 N–H and O–H groups in total. The van der Waals surface area contributed by atoms with Gasteiger partial charge in [-0.1, -0.05) is 12.2 Å². The average molecular weight is 181 g/mol. The fourth-order valence-corrected chi connectivity index (χ4v) is 1.12. The highest BCUT2D eigenvalue weighted by atomic mass is 16.1. The van der Waals surface area contributed by atoms with Gasteiger partial charge in [-0.15, -0.1) is 0 Å². The molecule has 0 aliphatic rings. The van der Waals surface area contributed by atoms with Crippen molar-refractivity contribution in [1.29, 1.82) is 0 Å². The Bertz CT molecular complexity index is 335. The second-order valence-electron chi connectivity index (χ2n) is 2.73. The number of rotatable bonds is 4. The molecule has 0 amide bonds. The standard InChI is InChI=1S/C9H15N3O/c1-2-11-7-8-12(9(11)13)6-4-3-5-10/h3-4,7-8H,2,5-6,10H2,1H3/b4-3+. The van der Waals surface area contributed by atoms with Gasteiger partial charge in [0, 0.05) is 32.0 Å². The summed E-state index contributed by atoms with van der Waals surface area (Å²) in [6, 6.07) is 0. The summed E-state index contributed by atoms with van der Waals surface area (Å²) in [6.07, 6.45) is 7.31. The molecular weight excluding hydrogens is 166 g/mol. The summed E-state index contributed by atoms with van der Waals surface area (Å²) in [7, 11) is 0. The van der Waals surface area contributed by atoms with Crippen LogP contribution in [0.2, 0.25) is 0 Å². The van der Waals surface area contributed by atoms with Crippen LogP contribution in [0.5, 0.6) is 0 Å². The van der Waals surface area contributed by atoms with Crippen LogP contribution in [0.4, 0.5) is 0 Å². The molecule has 1 rings (SSSR count). The Morgan fingerprint density at radius 2 is 2.08 bits per heavy atom. The number of nitrogens with two attached hydrogens (primary N) is 1. The monoisotopic (exact) mass is 181 g/mol. The molecule has 0 spiro atoms. The summed E-state index contributed by atoms with van der Waals surface area (Å²) in [5, 5.41) is 0. The largest absolute Gasteiger partial charge is 0.328 e. The maximum atomic E-state index is 11.5. The van der Waals surface area contributed by atoms with Crippen LogP contribution in [-0.2, 0) is 13.1 Å². The van der Waals surface area contributed by atoms with Gasteiger partial charge in [-0.2, -0.15) is 0 Å². The van der Waals surface area contributed by atoms with Gasteiger partial charge in [0.2, 0.25) is 0 Å². The second-order valence-corrected chi connectivity index (χ2v) is 2.73. The van der Waals surface area contributed by atoms with Gasteiger partial charge in [-0.05, 0) is 6.92 Å². The van der Waals surface area contributed by atoms with Gasteiger partial charge >= 0.3 is 5.69 Å². The smallest absolute Gasteiger partial charge is 0.327 e. The molecular formula is C9H15N3O. The Balaban J connectivity index is 2.73. The van der Waals surface area contributed by atoms with E-state index in [0.717, 1.165) is 0 Å². The molecule has 1 aromatic heterocycles. The minimum Gasteiger partial charge on any atom is -0.327 e. The Labute approximate surface area is 77.3 Å². The van der Waals surface area contributed by atoms with Crippen LogP contribution in [0, 0.1) is 0 Å². The topological polar surface area (TPSA) is 52.9 Å². The van der Waals surface area contributed by atoms with E-state index in [0.29, 0.717) is 19.6 Å². The van der Waals surface area contributed by atoms with Crippen molar-refractivity contribution in [2.45, 2.75) is 20.0 Å². The van der Waals surface area contributed by atoms with Crippen LogP contribution in [0.25, 0.3) is 0 Å². The summed E-state index contributed by atoms with van der Waals surface area (Å²) in [5.74, 6) is 0. The first kappa shape index (κ1) is 9.80. The lowest BCUT2D eigenvalue weighted by molar-refractivity contribution is 0.674. The first-order chi connectivity index (χ1) is 6.29. The Morgan fingerprint density at radius 1 is 1.38 bits per heavy atom. The van der Waals surface area contributed by atoms with Gasteiger partial charge in [0.05, 0.1) is 0 Å². The number of allylic oxidation sites excluding steroid dienone is 1. The van der Waals surface area contributed by atoms with Gasteiger partial charge in [-0.25, -0.2) is 4.79 Å². The number of imidazole rings is 1. The van der Waals surface area contributed by atoms with Crippen molar-refractivity contribution in [3.63, 3.8) is 0 Å². The molecule has 0 bridgehead atoms. The molecule has 0 saturated heterocycles. The molecule has 13 heavy (non-hydrogen) atoms. The van der Waals surface area contributed by atoms with E-state index in [-0.39, 0.29) is 5.69 Å². The predicted octanol–water partition coefficient (Wildman–Crippen LogP) is 0.185. The zero-order chi connectivity index (χ0) is 9.68. The number of hydrogen-bond donors (Lipinski definition) is 1. The van der Waals surface area contributed by atoms with Crippen molar-refractivity contribution in [2.75, 3.05) is 6.54 Å². The van der Waals surface area contributed by atoms with E-state index in [1.54, 1.807) is 21.5 Å². The molecule has 0 radical (unpaired) electrons. The number of aromatic nitrogens is 2. The molecule has 0 aliphatic carbocycles.